The standard InChI is InChI=1S/C29H35N3O/c1-18-12-19(2)24(20(3)13-18)16-26(30)29(33)32-28-21(4)17-31-27-11-10-23(15-25(27)28)14-22-8-6-5-7-9-22/h5-13,15,21,26,28,31H,14,16-17,30H2,1-4H3,(H,32,33). The summed E-state index contributed by atoms with van der Waals surface area (Å²) in [4.78, 5) is 13.2. The number of hydrogen-bond donors (Lipinski definition) is 3. The highest BCUT2D eigenvalue weighted by molar-refractivity contribution is 5.83. The first kappa shape index (κ1) is 23.1. The Morgan fingerprint density at radius 2 is 1.73 bits per heavy atom. The predicted molar refractivity (Wildman–Crippen MR) is 137 cm³/mol. The Kier molecular flexibility index (Phi) is 6.85. The van der Waals surface area contributed by atoms with Crippen molar-refractivity contribution in [1.82, 2.24) is 5.32 Å². The summed E-state index contributed by atoms with van der Waals surface area (Å²) in [5.41, 5.74) is 16.0. The van der Waals surface area contributed by atoms with Crippen molar-refractivity contribution in [2.24, 2.45) is 11.7 Å². The summed E-state index contributed by atoms with van der Waals surface area (Å²) in [6, 6.07) is 20.7. The van der Waals surface area contributed by atoms with Crippen LogP contribution in [0.2, 0.25) is 0 Å². The first-order chi connectivity index (χ1) is 15.8. The normalized spacial score (nSPS) is 18.2. The minimum Gasteiger partial charge on any atom is -0.384 e. The van der Waals surface area contributed by atoms with E-state index < -0.39 is 6.04 Å². The van der Waals surface area contributed by atoms with Crippen LogP contribution in [-0.4, -0.2) is 18.5 Å². The van der Waals surface area contributed by atoms with E-state index in [-0.39, 0.29) is 17.9 Å². The molecule has 0 aromatic heterocycles. The molecule has 3 unspecified atom stereocenters. The number of nitrogens with one attached hydrogen (secondary N) is 2. The molecule has 1 heterocycles. The summed E-state index contributed by atoms with van der Waals surface area (Å²) in [6.07, 6.45) is 1.42. The summed E-state index contributed by atoms with van der Waals surface area (Å²) < 4.78 is 0. The number of benzene rings is 3. The first-order valence-corrected chi connectivity index (χ1v) is 11.8. The van der Waals surface area contributed by atoms with Crippen LogP contribution in [0.3, 0.4) is 0 Å². The lowest BCUT2D eigenvalue weighted by atomic mass is 9.87. The Labute approximate surface area is 197 Å². The molecule has 4 nitrogen and oxygen atoms in total. The van der Waals surface area contributed by atoms with Gasteiger partial charge in [-0.05, 0) is 79.0 Å². The van der Waals surface area contributed by atoms with E-state index in [0.717, 1.165) is 24.2 Å². The molecule has 0 spiro atoms. The Bertz CT molecular complexity index is 1120. The van der Waals surface area contributed by atoms with Crippen LogP contribution in [0.5, 0.6) is 0 Å². The lowest BCUT2D eigenvalue weighted by molar-refractivity contribution is -0.123. The average Bonchev–Trinajstić information content (AvgIpc) is 2.78. The molecule has 1 amide bonds. The number of carbonyl (C=O) groups excluding carboxylic acids is 1. The molecule has 0 fully saturated rings. The number of rotatable bonds is 6. The van der Waals surface area contributed by atoms with E-state index >= 15 is 0 Å². The second kappa shape index (κ2) is 9.80. The van der Waals surface area contributed by atoms with Gasteiger partial charge in [-0.25, -0.2) is 0 Å². The molecule has 0 aliphatic carbocycles. The predicted octanol–water partition coefficient (Wildman–Crippen LogP) is 4.99. The van der Waals surface area contributed by atoms with Gasteiger partial charge in [0.05, 0.1) is 12.1 Å². The van der Waals surface area contributed by atoms with Gasteiger partial charge in [-0.15, -0.1) is 0 Å². The monoisotopic (exact) mass is 441 g/mol. The highest BCUT2D eigenvalue weighted by Crippen LogP contribution is 2.34. The van der Waals surface area contributed by atoms with E-state index in [2.05, 4.69) is 92.9 Å². The SMILES string of the molecule is Cc1cc(C)c(CC(N)C(=O)NC2c3cc(Cc4ccccc4)ccc3NCC2C)c(C)c1. The minimum absolute atomic E-state index is 0.0595. The van der Waals surface area contributed by atoms with Gasteiger partial charge in [0.25, 0.3) is 0 Å². The van der Waals surface area contributed by atoms with Gasteiger partial charge >= 0.3 is 0 Å². The van der Waals surface area contributed by atoms with E-state index in [4.69, 9.17) is 5.73 Å². The van der Waals surface area contributed by atoms with E-state index in [9.17, 15) is 4.79 Å². The molecule has 0 radical (unpaired) electrons. The number of hydrogen-bond acceptors (Lipinski definition) is 3. The van der Waals surface area contributed by atoms with Crippen LogP contribution in [0.15, 0.2) is 60.7 Å². The van der Waals surface area contributed by atoms with Crippen LogP contribution < -0.4 is 16.4 Å². The Hall–Kier alpha value is -3.11. The summed E-state index contributed by atoms with van der Waals surface area (Å²) >= 11 is 0. The molecule has 33 heavy (non-hydrogen) atoms. The molecule has 3 aromatic carbocycles. The maximum Gasteiger partial charge on any atom is 0.237 e. The first-order valence-electron chi connectivity index (χ1n) is 11.8. The van der Waals surface area contributed by atoms with Crippen molar-refractivity contribution >= 4 is 11.6 Å². The number of anilines is 1. The maximum atomic E-state index is 13.2. The molecule has 1 aliphatic heterocycles. The highest BCUT2D eigenvalue weighted by Gasteiger charge is 2.30. The second-order valence-corrected chi connectivity index (χ2v) is 9.62. The maximum absolute atomic E-state index is 13.2. The Balaban J connectivity index is 1.52. The summed E-state index contributed by atoms with van der Waals surface area (Å²) in [7, 11) is 0. The van der Waals surface area contributed by atoms with Gasteiger partial charge in [-0.2, -0.15) is 0 Å². The third-order valence-electron chi connectivity index (χ3n) is 6.78. The van der Waals surface area contributed by atoms with Crippen molar-refractivity contribution in [2.75, 3.05) is 11.9 Å². The quantitative estimate of drug-likeness (QED) is 0.505. The van der Waals surface area contributed by atoms with E-state index in [1.807, 2.05) is 6.07 Å². The smallest absolute Gasteiger partial charge is 0.237 e. The Morgan fingerprint density at radius 1 is 1.03 bits per heavy atom. The average molecular weight is 442 g/mol. The van der Waals surface area contributed by atoms with Gasteiger partial charge in [-0.3, -0.25) is 4.79 Å². The van der Waals surface area contributed by atoms with Gasteiger partial charge in [-0.1, -0.05) is 67.1 Å². The van der Waals surface area contributed by atoms with Crippen LogP contribution in [0.1, 0.15) is 51.9 Å². The molecule has 0 saturated heterocycles. The largest absolute Gasteiger partial charge is 0.384 e. The molecular formula is C29H35N3O. The zero-order valence-corrected chi connectivity index (χ0v) is 20.1. The number of fused-ring (bicyclic) bond motifs is 1. The fraction of sp³-hybridized carbons (Fsp3) is 0.345. The van der Waals surface area contributed by atoms with Gasteiger partial charge in [0.1, 0.15) is 0 Å². The molecular weight excluding hydrogens is 406 g/mol. The minimum atomic E-state index is -0.580. The number of aryl methyl sites for hydroxylation is 3. The van der Waals surface area contributed by atoms with Crippen LogP contribution in [-0.2, 0) is 17.6 Å². The number of amides is 1. The molecule has 3 atom stereocenters. The van der Waals surface area contributed by atoms with Gasteiger partial charge in [0.2, 0.25) is 5.91 Å². The highest BCUT2D eigenvalue weighted by atomic mass is 16.2. The number of carbonyl (C=O) groups is 1. The summed E-state index contributed by atoms with van der Waals surface area (Å²) in [6.45, 7) is 9.28. The van der Waals surface area contributed by atoms with Crippen molar-refractivity contribution in [2.45, 2.75) is 52.6 Å². The van der Waals surface area contributed by atoms with Crippen LogP contribution in [0.4, 0.5) is 5.69 Å². The topological polar surface area (TPSA) is 67.2 Å². The lowest BCUT2D eigenvalue weighted by Gasteiger charge is -2.34. The van der Waals surface area contributed by atoms with E-state index in [1.54, 1.807) is 0 Å². The lowest BCUT2D eigenvalue weighted by Crippen LogP contribution is -2.47. The van der Waals surface area contributed by atoms with E-state index in [1.165, 1.54) is 33.4 Å². The second-order valence-electron chi connectivity index (χ2n) is 9.62. The zero-order valence-electron chi connectivity index (χ0n) is 20.1. The van der Waals surface area contributed by atoms with Gasteiger partial charge in [0.15, 0.2) is 0 Å². The fourth-order valence-electron chi connectivity index (χ4n) is 4.99. The van der Waals surface area contributed by atoms with Crippen molar-refractivity contribution < 1.29 is 4.79 Å². The molecule has 4 heteroatoms. The van der Waals surface area contributed by atoms with Crippen LogP contribution in [0.25, 0.3) is 0 Å². The van der Waals surface area contributed by atoms with Crippen molar-refractivity contribution in [3.05, 3.63) is 99.6 Å². The molecule has 0 saturated carbocycles. The zero-order chi connectivity index (χ0) is 23.5. The molecule has 0 bridgehead atoms. The van der Waals surface area contributed by atoms with Crippen LogP contribution >= 0.6 is 0 Å². The van der Waals surface area contributed by atoms with Crippen LogP contribution in [0, 0.1) is 26.7 Å². The molecule has 3 aromatic rings. The molecule has 172 valence electrons. The van der Waals surface area contributed by atoms with Crippen molar-refractivity contribution in [3.8, 4) is 0 Å². The van der Waals surface area contributed by atoms with E-state index in [0.29, 0.717) is 6.42 Å². The summed E-state index contributed by atoms with van der Waals surface area (Å²) in [5, 5.41) is 6.80. The molecule has 4 rings (SSSR count). The van der Waals surface area contributed by atoms with Crippen molar-refractivity contribution in [3.63, 3.8) is 0 Å². The molecule has 1 aliphatic rings. The number of nitrogens with two attached hydrogens (primary N) is 1. The molecule has 4 N–H and O–H groups in total. The third-order valence-corrected chi connectivity index (χ3v) is 6.78. The third kappa shape index (κ3) is 5.28. The van der Waals surface area contributed by atoms with Crippen molar-refractivity contribution in [1.29, 1.82) is 0 Å². The fourth-order valence-corrected chi connectivity index (χ4v) is 4.99. The summed E-state index contributed by atoms with van der Waals surface area (Å²) in [5.74, 6) is 0.177. The van der Waals surface area contributed by atoms with Gasteiger partial charge in [0, 0.05) is 12.2 Å². The Morgan fingerprint density at radius 3 is 2.42 bits per heavy atom. The van der Waals surface area contributed by atoms with Gasteiger partial charge < -0.3 is 16.4 Å².